The molecular weight excluding hydrogens is 342 g/mol. The van der Waals surface area contributed by atoms with E-state index in [2.05, 4.69) is 11.2 Å². The van der Waals surface area contributed by atoms with Crippen LogP contribution < -0.4 is 5.32 Å². The molecular formula is C21H25N3O3. The number of rotatable bonds is 7. The van der Waals surface area contributed by atoms with Crippen LogP contribution >= 0.6 is 0 Å². The highest BCUT2D eigenvalue weighted by Gasteiger charge is 2.48. The summed E-state index contributed by atoms with van der Waals surface area (Å²) in [6.45, 7) is 3.70. The van der Waals surface area contributed by atoms with Gasteiger partial charge in [-0.3, -0.25) is 14.4 Å². The van der Waals surface area contributed by atoms with E-state index in [0.717, 1.165) is 18.4 Å². The Morgan fingerprint density at radius 2 is 1.93 bits per heavy atom. The van der Waals surface area contributed by atoms with Gasteiger partial charge in [0.15, 0.2) is 0 Å². The van der Waals surface area contributed by atoms with Crippen LogP contribution in [0.3, 0.4) is 0 Å². The smallest absolute Gasteiger partial charge is 0.238 e. The number of hydrogen-bond acceptors (Lipinski definition) is 3. The van der Waals surface area contributed by atoms with Crippen molar-refractivity contribution in [3.63, 3.8) is 0 Å². The maximum absolute atomic E-state index is 12.9. The number of hydrogen-bond donors (Lipinski definition) is 1. The number of carbonyl (C=O) groups is 3. The molecule has 0 spiro atoms. The summed E-state index contributed by atoms with van der Waals surface area (Å²) in [6.07, 6.45) is 6.90. The lowest BCUT2D eigenvalue weighted by Crippen LogP contribution is -2.56. The molecule has 6 heteroatoms. The minimum absolute atomic E-state index is 0.00932. The third kappa shape index (κ3) is 4.30. The summed E-state index contributed by atoms with van der Waals surface area (Å²) >= 11 is 0. The predicted molar refractivity (Wildman–Crippen MR) is 101 cm³/mol. The number of carbonyl (C=O) groups excluding carboxylic acids is 3. The van der Waals surface area contributed by atoms with Gasteiger partial charge in [-0.05, 0) is 18.4 Å². The van der Waals surface area contributed by atoms with E-state index in [9.17, 15) is 14.4 Å². The molecule has 0 bridgehead atoms. The average Bonchev–Trinajstić information content (AvgIpc) is 3.41. The zero-order valence-corrected chi connectivity index (χ0v) is 15.6. The van der Waals surface area contributed by atoms with Crippen LogP contribution in [0.1, 0.15) is 25.3 Å². The van der Waals surface area contributed by atoms with E-state index >= 15 is 0 Å². The van der Waals surface area contributed by atoms with Crippen LogP contribution in [0.5, 0.6) is 0 Å². The molecule has 0 radical (unpaired) electrons. The Morgan fingerprint density at radius 3 is 2.48 bits per heavy atom. The van der Waals surface area contributed by atoms with Crippen molar-refractivity contribution in [2.45, 2.75) is 26.3 Å². The third-order valence-electron chi connectivity index (χ3n) is 5.33. The third-order valence-corrected chi connectivity index (χ3v) is 5.33. The van der Waals surface area contributed by atoms with E-state index in [1.165, 1.54) is 6.92 Å². The van der Waals surface area contributed by atoms with Crippen molar-refractivity contribution in [2.75, 3.05) is 26.2 Å². The molecule has 1 aromatic rings. The van der Waals surface area contributed by atoms with Crippen molar-refractivity contribution in [2.24, 2.45) is 11.3 Å². The fraction of sp³-hybridized carbons (Fsp3) is 0.476. The lowest BCUT2D eigenvalue weighted by atomic mass is 9.98. The van der Waals surface area contributed by atoms with Gasteiger partial charge in [0.05, 0.1) is 5.92 Å². The molecule has 1 saturated heterocycles. The second-order valence-electron chi connectivity index (χ2n) is 7.35. The minimum Gasteiger partial charge on any atom is -0.353 e. The Hall–Kier alpha value is -2.81. The summed E-state index contributed by atoms with van der Waals surface area (Å²) in [6, 6.07) is 9.74. The second-order valence-corrected chi connectivity index (χ2v) is 7.35. The number of nitrogens with one attached hydrogen (secondary N) is 1. The molecule has 1 N–H and O–H groups in total. The van der Waals surface area contributed by atoms with Crippen molar-refractivity contribution >= 4 is 17.7 Å². The van der Waals surface area contributed by atoms with E-state index < -0.39 is 5.41 Å². The molecule has 1 saturated carbocycles. The molecule has 142 valence electrons. The van der Waals surface area contributed by atoms with Gasteiger partial charge in [0.1, 0.15) is 5.41 Å². The minimum atomic E-state index is -0.635. The molecule has 3 amide bonds. The van der Waals surface area contributed by atoms with Gasteiger partial charge in [-0.2, -0.15) is 0 Å². The molecule has 2 aliphatic rings. The van der Waals surface area contributed by atoms with Gasteiger partial charge in [0.2, 0.25) is 17.7 Å². The Kier molecular flexibility index (Phi) is 5.50. The highest BCUT2D eigenvalue weighted by Crippen LogP contribution is 2.44. The SMILES string of the molecule is C#CC1(C(=O)NCCN(Cc2ccccc2)C(=O)C2CN(C(C)=O)C2)CC1. The van der Waals surface area contributed by atoms with Crippen LogP contribution in [0.15, 0.2) is 30.3 Å². The molecule has 0 unspecified atom stereocenters. The highest BCUT2D eigenvalue weighted by atomic mass is 16.2. The van der Waals surface area contributed by atoms with E-state index in [1.807, 2.05) is 30.3 Å². The molecule has 1 aliphatic carbocycles. The second kappa shape index (κ2) is 7.83. The summed E-state index contributed by atoms with van der Waals surface area (Å²) < 4.78 is 0. The largest absolute Gasteiger partial charge is 0.353 e. The van der Waals surface area contributed by atoms with Crippen molar-refractivity contribution < 1.29 is 14.4 Å². The Bertz CT molecular complexity index is 759. The van der Waals surface area contributed by atoms with Crippen LogP contribution in [0.2, 0.25) is 0 Å². The fourth-order valence-corrected chi connectivity index (χ4v) is 3.26. The van der Waals surface area contributed by atoms with Crippen molar-refractivity contribution in [1.82, 2.24) is 15.1 Å². The van der Waals surface area contributed by atoms with Crippen molar-refractivity contribution in [3.8, 4) is 12.3 Å². The predicted octanol–water partition coefficient (Wildman–Crippen LogP) is 1.02. The molecule has 3 rings (SSSR count). The first-order valence-corrected chi connectivity index (χ1v) is 9.29. The number of benzene rings is 1. The first kappa shape index (κ1) is 19.0. The average molecular weight is 367 g/mol. The Morgan fingerprint density at radius 1 is 1.26 bits per heavy atom. The van der Waals surface area contributed by atoms with Crippen LogP contribution in [-0.4, -0.2) is 53.7 Å². The summed E-state index contributed by atoms with van der Waals surface area (Å²) in [4.78, 5) is 39.9. The highest BCUT2D eigenvalue weighted by molar-refractivity contribution is 5.88. The summed E-state index contributed by atoms with van der Waals surface area (Å²) in [5, 5.41) is 2.87. The van der Waals surface area contributed by atoms with Gasteiger partial charge in [0.25, 0.3) is 0 Å². The fourth-order valence-electron chi connectivity index (χ4n) is 3.26. The molecule has 6 nitrogen and oxygen atoms in total. The number of amides is 3. The lowest BCUT2D eigenvalue weighted by molar-refractivity contribution is -0.148. The summed E-state index contributed by atoms with van der Waals surface area (Å²) in [7, 11) is 0. The van der Waals surface area contributed by atoms with Crippen LogP contribution in [0.4, 0.5) is 0 Å². The first-order valence-electron chi connectivity index (χ1n) is 9.29. The van der Waals surface area contributed by atoms with E-state index in [4.69, 9.17) is 6.42 Å². The quantitative estimate of drug-likeness (QED) is 0.732. The standard InChI is InChI=1S/C21H25N3O3/c1-3-21(9-10-21)20(27)22-11-12-23(13-17-7-5-4-6-8-17)19(26)18-14-24(15-18)16(2)25/h1,4-8,18H,9-15H2,2H3,(H,22,27). The normalized spacial score (nSPS) is 17.4. The van der Waals surface area contributed by atoms with Crippen molar-refractivity contribution in [3.05, 3.63) is 35.9 Å². The zero-order chi connectivity index (χ0) is 19.4. The molecule has 0 aromatic heterocycles. The van der Waals surface area contributed by atoms with Crippen LogP contribution in [-0.2, 0) is 20.9 Å². The lowest BCUT2D eigenvalue weighted by Gasteiger charge is -2.40. The first-order chi connectivity index (χ1) is 12.9. The summed E-state index contributed by atoms with van der Waals surface area (Å²) in [5.74, 6) is 2.29. The molecule has 2 fully saturated rings. The molecule has 0 atom stereocenters. The van der Waals surface area contributed by atoms with E-state index in [-0.39, 0.29) is 23.6 Å². The van der Waals surface area contributed by atoms with Gasteiger partial charge in [-0.25, -0.2) is 0 Å². The van der Waals surface area contributed by atoms with Crippen molar-refractivity contribution in [1.29, 1.82) is 0 Å². The van der Waals surface area contributed by atoms with Gasteiger partial charge in [0, 0.05) is 39.6 Å². The molecule has 1 heterocycles. The Labute approximate surface area is 159 Å². The van der Waals surface area contributed by atoms with Gasteiger partial charge in [-0.15, -0.1) is 6.42 Å². The Balaban J connectivity index is 1.58. The number of nitrogens with zero attached hydrogens (tertiary/aromatic N) is 2. The summed E-state index contributed by atoms with van der Waals surface area (Å²) in [5.41, 5.74) is 0.395. The van der Waals surface area contributed by atoms with Crippen LogP contribution in [0.25, 0.3) is 0 Å². The van der Waals surface area contributed by atoms with Gasteiger partial charge >= 0.3 is 0 Å². The van der Waals surface area contributed by atoms with Crippen LogP contribution in [0, 0.1) is 23.7 Å². The monoisotopic (exact) mass is 367 g/mol. The van der Waals surface area contributed by atoms with Gasteiger partial charge < -0.3 is 15.1 Å². The van der Waals surface area contributed by atoms with E-state index in [0.29, 0.717) is 32.7 Å². The maximum Gasteiger partial charge on any atom is 0.238 e. The molecule has 1 aromatic carbocycles. The topological polar surface area (TPSA) is 69.7 Å². The molecule has 1 aliphatic heterocycles. The number of likely N-dealkylation sites (tertiary alicyclic amines) is 1. The van der Waals surface area contributed by atoms with Gasteiger partial charge in [-0.1, -0.05) is 36.3 Å². The van der Waals surface area contributed by atoms with E-state index in [1.54, 1.807) is 9.80 Å². The molecule has 27 heavy (non-hydrogen) atoms. The maximum atomic E-state index is 12.9. The zero-order valence-electron chi connectivity index (χ0n) is 15.6. The number of terminal acetylenes is 1.